The fourth-order valence-electron chi connectivity index (χ4n) is 3.07. The van der Waals surface area contributed by atoms with Crippen LogP contribution in [0.2, 0.25) is 0 Å². The van der Waals surface area contributed by atoms with E-state index in [0.717, 1.165) is 47.6 Å². The zero-order valence-corrected chi connectivity index (χ0v) is 13.5. The summed E-state index contributed by atoms with van der Waals surface area (Å²) >= 11 is 0. The highest BCUT2D eigenvalue weighted by Gasteiger charge is 2.22. The third-order valence-electron chi connectivity index (χ3n) is 4.33. The lowest BCUT2D eigenvalue weighted by atomic mass is 10.1. The van der Waals surface area contributed by atoms with Crippen molar-refractivity contribution in [3.05, 3.63) is 30.4 Å². The van der Waals surface area contributed by atoms with Gasteiger partial charge < -0.3 is 19.9 Å². The van der Waals surface area contributed by atoms with Gasteiger partial charge in [-0.15, -0.1) is 0 Å². The van der Waals surface area contributed by atoms with Crippen LogP contribution in [0.1, 0.15) is 18.4 Å². The van der Waals surface area contributed by atoms with Gasteiger partial charge in [-0.05, 0) is 43.5 Å². The summed E-state index contributed by atoms with van der Waals surface area (Å²) in [6.07, 6.45) is 2.76. The maximum absolute atomic E-state index is 11.5. The summed E-state index contributed by atoms with van der Waals surface area (Å²) in [6.45, 7) is 6.93. The number of hydrogen-bond donors (Lipinski definition) is 2. The molecule has 1 unspecified atom stereocenters. The van der Waals surface area contributed by atoms with Crippen molar-refractivity contribution in [1.82, 2.24) is 9.55 Å². The van der Waals surface area contributed by atoms with E-state index in [2.05, 4.69) is 16.8 Å². The molecule has 0 aliphatic carbocycles. The molecule has 6 nitrogen and oxygen atoms in total. The Labute approximate surface area is 135 Å². The van der Waals surface area contributed by atoms with Crippen LogP contribution in [-0.2, 0) is 11.8 Å². The highest BCUT2D eigenvalue weighted by Crippen LogP contribution is 2.28. The van der Waals surface area contributed by atoms with Crippen molar-refractivity contribution in [3.63, 3.8) is 0 Å². The van der Waals surface area contributed by atoms with Crippen LogP contribution in [0.5, 0.6) is 0 Å². The number of nitrogens with one attached hydrogen (secondary N) is 1. The fourth-order valence-corrected chi connectivity index (χ4v) is 3.07. The molecule has 2 heterocycles. The molecule has 1 amide bonds. The molecule has 2 aromatic rings. The van der Waals surface area contributed by atoms with E-state index in [-0.39, 0.29) is 12.0 Å². The molecule has 122 valence electrons. The zero-order valence-electron chi connectivity index (χ0n) is 13.5. The SMILES string of the molecule is C=CC(=O)Nc1cc2nc(N3CCCC(O)C3)n(C)c2cc1C. The van der Waals surface area contributed by atoms with Gasteiger partial charge in [0, 0.05) is 25.8 Å². The van der Waals surface area contributed by atoms with Gasteiger partial charge in [0.1, 0.15) is 0 Å². The van der Waals surface area contributed by atoms with Crippen molar-refractivity contribution >= 4 is 28.6 Å². The number of piperidine rings is 1. The number of carbonyl (C=O) groups excluding carboxylic acids is 1. The second-order valence-corrected chi connectivity index (χ2v) is 6.06. The van der Waals surface area contributed by atoms with Crippen LogP contribution >= 0.6 is 0 Å². The minimum absolute atomic E-state index is 0.234. The number of aromatic nitrogens is 2. The fraction of sp³-hybridized carbons (Fsp3) is 0.412. The van der Waals surface area contributed by atoms with Crippen molar-refractivity contribution < 1.29 is 9.90 Å². The Kier molecular flexibility index (Phi) is 4.09. The maximum Gasteiger partial charge on any atom is 0.247 e. The van der Waals surface area contributed by atoms with E-state index in [1.807, 2.05) is 30.7 Å². The van der Waals surface area contributed by atoms with Crippen LogP contribution in [0.15, 0.2) is 24.8 Å². The number of aliphatic hydroxyl groups is 1. The van der Waals surface area contributed by atoms with Gasteiger partial charge in [0.05, 0.1) is 17.1 Å². The number of rotatable bonds is 3. The van der Waals surface area contributed by atoms with Gasteiger partial charge >= 0.3 is 0 Å². The van der Waals surface area contributed by atoms with Crippen molar-refractivity contribution in [1.29, 1.82) is 0 Å². The molecule has 0 saturated carbocycles. The Hall–Kier alpha value is -2.34. The van der Waals surface area contributed by atoms with Gasteiger partial charge in [0.2, 0.25) is 11.9 Å². The number of carbonyl (C=O) groups is 1. The van der Waals surface area contributed by atoms with Gasteiger partial charge in [-0.1, -0.05) is 6.58 Å². The third kappa shape index (κ3) is 2.94. The summed E-state index contributed by atoms with van der Waals surface area (Å²) in [7, 11) is 1.98. The van der Waals surface area contributed by atoms with Gasteiger partial charge in [-0.3, -0.25) is 4.79 Å². The van der Waals surface area contributed by atoms with Gasteiger partial charge in [-0.2, -0.15) is 0 Å². The standard InChI is InChI=1S/C17H22N4O2/c1-4-16(23)18-13-9-14-15(8-11(13)2)20(3)17(19-14)21-7-5-6-12(22)10-21/h4,8-9,12,22H,1,5-7,10H2,2-3H3,(H,18,23). The number of hydrogen-bond acceptors (Lipinski definition) is 4. The van der Waals surface area contributed by atoms with Gasteiger partial charge in [0.15, 0.2) is 0 Å². The zero-order chi connectivity index (χ0) is 16.6. The van der Waals surface area contributed by atoms with Gasteiger partial charge in [0.25, 0.3) is 0 Å². The summed E-state index contributed by atoms with van der Waals surface area (Å²) in [5.41, 5.74) is 3.55. The molecule has 1 aliphatic heterocycles. The van der Waals surface area contributed by atoms with E-state index in [1.54, 1.807) is 0 Å². The molecule has 1 fully saturated rings. The Morgan fingerprint density at radius 3 is 3.00 bits per heavy atom. The molecule has 2 N–H and O–H groups in total. The molecule has 1 aromatic heterocycles. The molecule has 1 atom stereocenters. The minimum atomic E-state index is -0.298. The predicted octanol–water partition coefficient (Wildman–Crippen LogP) is 1.97. The topological polar surface area (TPSA) is 70.4 Å². The summed E-state index contributed by atoms with van der Waals surface area (Å²) < 4.78 is 2.04. The van der Waals surface area contributed by atoms with Gasteiger partial charge in [-0.25, -0.2) is 4.98 Å². The summed E-state index contributed by atoms with van der Waals surface area (Å²) in [5, 5.41) is 12.7. The molecule has 6 heteroatoms. The number of imidazole rings is 1. The van der Waals surface area contributed by atoms with Crippen LogP contribution in [-0.4, -0.2) is 39.8 Å². The second-order valence-electron chi connectivity index (χ2n) is 6.06. The number of nitrogens with zero attached hydrogens (tertiary/aromatic N) is 3. The number of benzene rings is 1. The lowest BCUT2D eigenvalue weighted by molar-refractivity contribution is -0.111. The quantitative estimate of drug-likeness (QED) is 0.850. The first-order valence-corrected chi connectivity index (χ1v) is 7.83. The van der Waals surface area contributed by atoms with Crippen molar-refractivity contribution in [2.75, 3.05) is 23.3 Å². The van der Waals surface area contributed by atoms with Crippen LogP contribution < -0.4 is 10.2 Å². The largest absolute Gasteiger partial charge is 0.391 e. The summed E-state index contributed by atoms with van der Waals surface area (Å²) in [4.78, 5) is 18.4. The summed E-state index contributed by atoms with van der Waals surface area (Å²) in [6, 6.07) is 3.90. The average Bonchev–Trinajstić information content (AvgIpc) is 2.84. The molecule has 23 heavy (non-hydrogen) atoms. The van der Waals surface area contributed by atoms with E-state index < -0.39 is 0 Å². The smallest absolute Gasteiger partial charge is 0.247 e. The van der Waals surface area contributed by atoms with Crippen molar-refractivity contribution in [3.8, 4) is 0 Å². The molecular weight excluding hydrogens is 292 g/mol. The second kappa shape index (κ2) is 6.04. The van der Waals surface area contributed by atoms with Crippen LogP contribution in [0, 0.1) is 6.92 Å². The van der Waals surface area contributed by atoms with E-state index >= 15 is 0 Å². The third-order valence-corrected chi connectivity index (χ3v) is 4.33. The normalized spacial score (nSPS) is 18.2. The number of fused-ring (bicyclic) bond motifs is 1. The first-order valence-electron chi connectivity index (χ1n) is 7.83. The molecule has 3 rings (SSSR count). The first-order chi connectivity index (χ1) is 11.0. The lowest BCUT2D eigenvalue weighted by Gasteiger charge is -2.30. The molecular formula is C17H22N4O2. The molecule has 0 spiro atoms. The molecule has 1 saturated heterocycles. The number of β-amino-alcohol motifs (C(OH)–C–C–N with tert-alkyl or cyclic N) is 1. The first kappa shape index (κ1) is 15.6. The van der Waals surface area contributed by atoms with E-state index in [0.29, 0.717) is 6.54 Å². The van der Waals surface area contributed by atoms with Crippen molar-refractivity contribution in [2.45, 2.75) is 25.9 Å². The molecule has 1 aliphatic rings. The number of anilines is 2. The predicted molar refractivity (Wildman–Crippen MR) is 91.7 cm³/mol. The highest BCUT2D eigenvalue weighted by molar-refractivity contribution is 6.00. The number of aryl methyl sites for hydroxylation is 2. The van der Waals surface area contributed by atoms with Crippen molar-refractivity contribution in [2.24, 2.45) is 7.05 Å². The van der Waals surface area contributed by atoms with Crippen LogP contribution in [0.3, 0.4) is 0 Å². The Morgan fingerprint density at radius 1 is 1.52 bits per heavy atom. The van der Waals surface area contributed by atoms with E-state index in [4.69, 9.17) is 4.98 Å². The molecule has 1 aromatic carbocycles. The average molecular weight is 314 g/mol. The van der Waals surface area contributed by atoms with E-state index in [9.17, 15) is 9.90 Å². The Bertz CT molecular complexity index is 766. The van der Waals surface area contributed by atoms with E-state index in [1.165, 1.54) is 6.08 Å². The lowest BCUT2D eigenvalue weighted by Crippen LogP contribution is -2.39. The number of amides is 1. The number of aliphatic hydroxyl groups excluding tert-OH is 1. The Balaban J connectivity index is 2.00. The highest BCUT2D eigenvalue weighted by atomic mass is 16.3. The minimum Gasteiger partial charge on any atom is -0.391 e. The Morgan fingerprint density at radius 2 is 2.30 bits per heavy atom. The monoisotopic (exact) mass is 314 g/mol. The molecule has 0 bridgehead atoms. The summed E-state index contributed by atoms with van der Waals surface area (Å²) in [5.74, 6) is 0.619. The van der Waals surface area contributed by atoms with Crippen LogP contribution in [0.4, 0.5) is 11.6 Å². The maximum atomic E-state index is 11.5. The van der Waals surface area contributed by atoms with Crippen LogP contribution in [0.25, 0.3) is 11.0 Å². The molecule has 0 radical (unpaired) electrons.